The number of aromatic nitrogens is 1. The van der Waals surface area contributed by atoms with Crippen LogP contribution in [0, 0.1) is 18.7 Å². The van der Waals surface area contributed by atoms with Gasteiger partial charge in [-0.1, -0.05) is 18.2 Å². The van der Waals surface area contributed by atoms with E-state index < -0.39 is 0 Å². The minimum Gasteiger partial charge on any atom is -0.356 e. The molecule has 1 saturated heterocycles. The smallest absolute Gasteiger partial charge is 0.190 e. The van der Waals surface area contributed by atoms with Crippen LogP contribution >= 0.6 is 35.3 Å². The number of guanidine groups is 1. The molecule has 8 heteroatoms. The average Bonchev–Trinajstić information content (AvgIpc) is 3.12. The normalized spacial score (nSPS) is 15.8. The van der Waals surface area contributed by atoms with Crippen LogP contribution in [-0.4, -0.2) is 49.1 Å². The molecule has 1 aliphatic heterocycles. The van der Waals surface area contributed by atoms with E-state index >= 15 is 0 Å². The van der Waals surface area contributed by atoms with E-state index in [1.54, 1.807) is 30.5 Å². The number of thiazole rings is 1. The highest BCUT2D eigenvalue weighted by atomic mass is 127. The van der Waals surface area contributed by atoms with E-state index in [1.807, 2.05) is 18.3 Å². The Kier molecular flexibility index (Phi) is 10.3. The molecule has 3 rings (SSSR count). The summed E-state index contributed by atoms with van der Waals surface area (Å²) >= 11 is 1.75. The van der Waals surface area contributed by atoms with Gasteiger partial charge in [-0.15, -0.1) is 35.3 Å². The van der Waals surface area contributed by atoms with Crippen LogP contribution in [0.2, 0.25) is 0 Å². The Hall–Kier alpha value is -1.26. The number of halogens is 2. The number of hydrogen-bond acceptors (Lipinski definition) is 4. The maximum atomic E-state index is 13.8. The van der Waals surface area contributed by atoms with E-state index in [2.05, 4.69) is 32.4 Å². The molecule has 160 valence electrons. The SMILES string of the molecule is CN=C(NCCc1ncc(C)s1)NCC1CCN(Cc2ccccc2F)CC1.I. The maximum Gasteiger partial charge on any atom is 0.190 e. The maximum absolute atomic E-state index is 13.8. The van der Waals surface area contributed by atoms with Gasteiger partial charge in [0.1, 0.15) is 5.82 Å². The molecule has 0 aliphatic carbocycles. The third-order valence-electron chi connectivity index (χ3n) is 5.14. The van der Waals surface area contributed by atoms with E-state index in [4.69, 9.17) is 0 Å². The van der Waals surface area contributed by atoms with Crippen LogP contribution in [0.4, 0.5) is 4.39 Å². The van der Waals surface area contributed by atoms with Crippen LogP contribution in [0.5, 0.6) is 0 Å². The molecule has 5 nitrogen and oxygen atoms in total. The Balaban J connectivity index is 0.00000300. The van der Waals surface area contributed by atoms with Crippen molar-refractivity contribution in [2.75, 3.05) is 33.2 Å². The fraction of sp³-hybridized carbons (Fsp3) is 0.524. The third-order valence-corrected chi connectivity index (χ3v) is 6.11. The highest BCUT2D eigenvalue weighted by Crippen LogP contribution is 2.19. The van der Waals surface area contributed by atoms with E-state index in [0.717, 1.165) is 62.0 Å². The van der Waals surface area contributed by atoms with Gasteiger partial charge in [0.2, 0.25) is 0 Å². The van der Waals surface area contributed by atoms with Gasteiger partial charge in [-0.2, -0.15) is 0 Å². The molecule has 0 spiro atoms. The lowest BCUT2D eigenvalue weighted by molar-refractivity contribution is 0.176. The summed E-state index contributed by atoms with van der Waals surface area (Å²) in [5.41, 5.74) is 0.791. The first-order chi connectivity index (χ1) is 13.6. The fourth-order valence-electron chi connectivity index (χ4n) is 3.48. The Bertz CT molecular complexity index is 774. The lowest BCUT2D eigenvalue weighted by Gasteiger charge is -2.32. The summed E-state index contributed by atoms with van der Waals surface area (Å²) < 4.78 is 13.8. The van der Waals surface area contributed by atoms with Gasteiger partial charge in [-0.05, 0) is 44.8 Å². The van der Waals surface area contributed by atoms with Crippen LogP contribution in [0.3, 0.4) is 0 Å². The highest BCUT2D eigenvalue weighted by molar-refractivity contribution is 14.0. The topological polar surface area (TPSA) is 52.6 Å². The van der Waals surface area contributed by atoms with Crippen LogP contribution < -0.4 is 10.6 Å². The molecule has 0 bridgehead atoms. The molecule has 1 fully saturated rings. The third kappa shape index (κ3) is 7.82. The zero-order chi connectivity index (χ0) is 19.8. The van der Waals surface area contributed by atoms with Gasteiger partial charge >= 0.3 is 0 Å². The minimum absolute atomic E-state index is 0. The number of nitrogens with zero attached hydrogens (tertiary/aromatic N) is 3. The Morgan fingerprint density at radius 1 is 1.28 bits per heavy atom. The van der Waals surface area contributed by atoms with Crippen molar-refractivity contribution in [3.05, 3.63) is 51.7 Å². The molecule has 1 aromatic carbocycles. The molecule has 0 amide bonds. The quantitative estimate of drug-likeness (QED) is 0.324. The molecular weight excluding hydrogens is 500 g/mol. The summed E-state index contributed by atoms with van der Waals surface area (Å²) in [4.78, 5) is 12.3. The first kappa shape index (κ1) is 24.0. The molecule has 2 aromatic rings. The number of nitrogens with one attached hydrogen (secondary N) is 2. The lowest BCUT2D eigenvalue weighted by Crippen LogP contribution is -2.43. The molecule has 1 aromatic heterocycles. The van der Waals surface area contributed by atoms with Gasteiger partial charge in [0.15, 0.2) is 5.96 Å². The van der Waals surface area contributed by atoms with Crippen molar-refractivity contribution in [1.82, 2.24) is 20.5 Å². The molecule has 0 radical (unpaired) electrons. The minimum atomic E-state index is -0.103. The number of hydrogen-bond donors (Lipinski definition) is 2. The number of piperidine rings is 1. The monoisotopic (exact) mass is 531 g/mol. The summed E-state index contributed by atoms with van der Waals surface area (Å²) in [6.45, 7) is 6.55. The second-order valence-electron chi connectivity index (χ2n) is 7.31. The fourth-order valence-corrected chi connectivity index (χ4v) is 4.27. The van der Waals surface area contributed by atoms with Gasteiger partial charge in [0.05, 0.1) is 5.01 Å². The predicted molar refractivity (Wildman–Crippen MR) is 130 cm³/mol. The average molecular weight is 531 g/mol. The standard InChI is InChI=1S/C21H30FN5S.HI/c1-16-13-25-20(28-16)7-10-24-21(23-2)26-14-17-8-11-27(12-9-17)15-18-5-3-4-6-19(18)22;/h3-6,13,17H,7-12,14-15H2,1-2H3,(H2,23,24,26);1H. The van der Waals surface area contributed by atoms with Crippen LogP contribution in [0.25, 0.3) is 0 Å². The van der Waals surface area contributed by atoms with Gasteiger partial charge in [0.25, 0.3) is 0 Å². The molecule has 0 unspecified atom stereocenters. The first-order valence-electron chi connectivity index (χ1n) is 9.95. The molecule has 2 heterocycles. The van der Waals surface area contributed by atoms with Gasteiger partial charge in [0, 0.05) is 49.7 Å². The predicted octanol–water partition coefficient (Wildman–Crippen LogP) is 3.83. The van der Waals surface area contributed by atoms with Crippen LogP contribution in [0.1, 0.15) is 28.3 Å². The van der Waals surface area contributed by atoms with Crippen molar-refractivity contribution in [3.8, 4) is 0 Å². The zero-order valence-electron chi connectivity index (χ0n) is 17.2. The van der Waals surface area contributed by atoms with Crippen molar-refractivity contribution in [2.24, 2.45) is 10.9 Å². The van der Waals surface area contributed by atoms with Gasteiger partial charge in [-0.3, -0.25) is 9.89 Å². The summed E-state index contributed by atoms with van der Waals surface area (Å²) in [5, 5.41) is 7.97. The largest absolute Gasteiger partial charge is 0.356 e. The zero-order valence-corrected chi connectivity index (χ0v) is 20.3. The first-order valence-corrected chi connectivity index (χ1v) is 10.8. The van der Waals surface area contributed by atoms with E-state index in [9.17, 15) is 4.39 Å². The second-order valence-corrected chi connectivity index (χ2v) is 8.62. The Morgan fingerprint density at radius 2 is 2.03 bits per heavy atom. The molecule has 1 aliphatic rings. The summed E-state index contributed by atoms with van der Waals surface area (Å²) in [6, 6.07) is 7.07. The lowest BCUT2D eigenvalue weighted by atomic mass is 9.96. The summed E-state index contributed by atoms with van der Waals surface area (Å²) in [7, 11) is 1.81. The number of aryl methyl sites for hydroxylation is 1. The molecule has 0 saturated carbocycles. The Labute approximate surface area is 194 Å². The van der Waals surface area contributed by atoms with E-state index in [-0.39, 0.29) is 29.8 Å². The van der Waals surface area contributed by atoms with Crippen LogP contribution in [-0.2, 0) is 13.0 Å². The Morgan fingerprint density at radius 3 is 2.69 bits per heavy atom. The number of likely N-dealkylation sites (tertiary alicyclic amines) is 1. The molecule has 29 heavy (non-hydrogen) atoms. The second kappa shape index (κ2) is 12.4. The van der Waals surface area contributed by atoms with Crippen molar-refractivity contribution in [3.63, 3.8) is 0 Å². The number of rotatable bonds is 7. The molecule has 2 N–H and O–H groups in total. The highest BCUT2D eigenvalue weighted by Gasteiger charge is 2.20. The van der Waals surface area contributed by atoms with Gasteiger partial charge in [-0.25, -0.2) is 9.37 Å². The number of benzene rings is 1. The summed E-state index contributed by atoms with van der Waals surface area (Å²) in [6.07, 6.45) is 5.08. The van der Waals surface area contributed by atoms with Crippen molar-refractivity contribution < 1.29 is 4.39 Å². The van der Waals surface area contributed by atoms with Crippen molar-refractivity contribution >= 4 is 41.3 Å². The van der Waals surface area contributed by atoms with E-state index in [1.165, 1.54) is 4.88 Å². The van der Waals surface area contributed by atoms with E-state index in [0.29, 0.717) is 12.5 Å². The molecular formula is C21H31FIN5S. The van der Waals surface area contributed by atoms with Crippen molar-refractivity contribution in [1.29, 1.82) is 0 Å². The molecule has 0 atom stereocenters. The van der Waals surface area contributed by atoms with Crippen LogP contribution in [0.15, 0.2) is 35.5 Å². The van der Waals surface area contributed by atoms with Gasteiger partial charge < -0.3 is 10.6 Å². The van der Waals surface area contributed by atoms with Crippen molar-refractivity contribution in [2.45, 2.75) is 32.7 Å². The number of aliphatic imine (C=N–C) groups is 1. The summed E-state index contributed by atoms with van der Waals surface area (Å²) in [5.74, 6) is 1.37.